The highest BCUT2D eigenvalue weighted by atomic mass is 16.5. The van der Waals surface area contributed by atoms with Crippen molar-refractivity contribution in [3.05, 3.63) is 125 Å². The molecule has 0 radical (unpaired) electrons. The van der Waals surface area contributed by atoms with Crippen molar-refractivity contribution in [1.82, 2.24) is 0 Å². The van der Waals surface area contributed by atoms with Crippen LogP contribution in [0.15, 0.2) is 103 Å². The topological polar surface area (TPSA) is 68.5 Å². The Labute approximate surface area is 217 Å². The van der Waals surface area contributed by atoms with Gasteiger partial charge < -0.3 is 14.2 Å². The summed E-state index contributed by atoms with van der Waals surface area (Å²) in [5.74, 6) is 1.09. The third-order valence-electron chi connectivity index (χ3n) is 5.99. The van der Waals surface area contributed by atoms with Crippen LogP contribution in [0.5, 0.6) is 17.2 Å². The standard InChI is InChI=1S/C32H27NO4/c1-35-30-17-16-26(20-31(30)36-2)27(22-33)18-23-10-9-15-28(19-23)37-32(34)21-29(24-11-5-3-6-12-24)25-13-7-4-8-14-25/h3-20,29H,21H2,1-2H3/b27-18-. The molecule has 0 aliphatic carbocycles. The second-order valence-corrected chi connectivity index (χ2v) is 8.36. The van der Waals surface area contributed by atoms with Crippen molar-refractivity contribution >= 4 is 17.6 Å². The second-order valence-electron chi connectivity index (χ2n) is 8.36. The lowest BCUT2D eigenvalue weighted by atomic mass is 9.88. The van der Waals surface area contributed by atoms with Crippen LogP contribution in [0.1, 0.15) is 34.6 Å². The molecule has 0 spiro atoms. The third kappa shape index (κ3) is 6.45. The molecule has 4 rings (SSSR count). The lowest BCUT2D eigenvalue weighted by Gasteiger charge is -2.17. The number of hydrogen-bond donors (Lipinski definition) is 0. The highest BCUT2D eigenvalue weighted by molar-refractivity contribution is 5.90. The number of carbonyl (C=O) groups excluding carboxylic acids is 1. The summed E-state index contributed by atoms with van der Waals surface area (Å²) >= 11 is 0. The largest absolute Gasteiger partial charge is 0.493 e. The maximum atomic E-state index is 13.0. The summed E-state index contributed by atoms with van der Waals surface area (Å²) in [6.07, 6.45) is 1.94. The quantitative estimate of drug-likeness (QED) is 0.111. The summed E-state index contributed by atoms with van der Waals surface area (Å²) in [5.41, 5.74) is 3.97. The van der Waals surface area contributed by atoms with Crippen molar-refractivity contribution < 1.29 is 19.0 Å². The number of rotatable bonds is 9. The molecule has 0 fully saturated rings. The first-order chi connectivity index (χ1) is 18.1. The number of carbonyl (C=O) groups is 1. The van der Waals surface area contributed by atoms with Crippen LogP contribution in [0.3, 0.4) is 0 Å². The molecule has 5 nitrogen and oxygen atoms in total. The number of allylic oxidation sites excluding steroid dienone is 1. The summed E-state index contributed by atoms with van der Waals surface area (Å²) in [6, 6.07) is 34.6. The molecule has 0 bridgehead atoms. The van der Waals surface area contributed by atoms with Crippen LogP contribution < -0.4 is 14.2 Å². The van der Waals surface area contributed by atoms with Gasteiger partial charge in [0, 0.05) is 5.92 Å². The molecule has 184 valence electrons. The second kappa shape index (κ2) is 12.2. The van der Waals surface area contributed by atoms with E-state index in [1.165, 1.54) is 0 Å². The highest BCUT2D eigenvalue weighted by Gasteiger charge is 2.19. The Morgan fingerprint density at radius 3 is 2.05 bits per heavy atom. The fourth-order valence-electron chi connectivity index (χ4n) is 4.16. The maximum absolute atomic E-state index is 13.0. The fraction of sp³-hybridized carbons (Fsp3) is 0.125. The molecule has 5 heteroatoms. The van der Waals surface area contributed by atoms with Crippen molar-refractivity contribution in [1.29, 1.82) is 5.26 Å². The molecule has 0 aliphatic heterocycles. The van der Waals surface area contributed by atoms with Crippen molar-refractivity contribution in [3.63, 3.8) is 0 Å². The van der Waals surface area contributed by atoms with Gasteiger partial charge in [0.05, 0.1) is 32.3 Å². The van der Waals surface area contributed by atoms with E-state index in [0.717, 1.165) is 16.7 Å². The van der Waals surface area contributed by atoms with E-state index >= 15 is 0 Å². The van der Waals surface area contributed by atoms with Gasteiger partial charge in [0.1, 0.15) is 5.75 Å². The predicted octanol–water partition coefficient (Wildman–Crippen LogP) is 6.90. The van der Waals surface area contributed by atoms with Gasteiger partial charge in [-0.1, -0.05) is 72.8 Å². The highest BCUT2D eigenvalue weighted by Crippen LogP contribution is 2.32. The Hall–Kier alpha value is -4.82. The van der Waals surface area contributed by atoms with Gasteiger partial charge in [-0.15, -0.1) is 0 Å². The molecule has 4 aromatic rings. The van der Waals surface area contributed by atoms with E-state index < -0.39 is 0 Å². The van der Waals surface area contributed by atoms with Gasteiger partial charge >= 0.3 is 5.97 Å². The monoisotopic (exact) mass is 489 g/mol. The van der Waals surface area contributed by atoms with Gasteiger partial charge in [0.15, 0.2) is 11.5 Å². The molecule has 0 saturated carbocycles. The summed E-state index contributed by atoms with van der Waals surface area (Å²) in [7, 11) is 3.11. The van der Waals surface area contributed by atoms with Crippen LogP contribution in [-0.2, 0) is 4.79 Å². The van der Waals surface area contributed by atoms with E-state index in [1.54, 1.807) is 56.7 Å². The SMILES string of the molecule is COc1ccc(/C(C#N)=C\c2cccc(OC(=O)CC(c3ccccc3)c3ccccc3)c2)cc1OC. The Morgan fingerprint density at radius 2 is 1.46 bits per heavy atom. The van der Waals surface area contributed by atoms with Gasteiger partial charge in [0.2, 0.25) is 0 Å². The average molecular weight is 490 g/mol. The zero-order chi connectivity index (χ0) is 26.0. The van der Waals surface area contributed by atoms with Crippen LogP contribution in [0.2, 0.25) is 0 Å². The first-order valence-electron chi connectivity index (χ1n) is 11.9. The van der Waals surface area contributed by atoms with E-state index in [4.69, 9.17) is 14.2 Å². The van der Waals surface area contributed by atoms with E-state index in [-0.39, 0.29) is 18.3 Å². The lowest BCUT2D eigenvalue weighted by Crippen LogP contribution is -2.14. The van der Waals surface area contributed by atoms with Crippen molar-refractivity contribution in [2.75, 3.05) is 14.2 Å². The van der Waals surface area contributed by atoms with Crippen molar-refractivity contribution in [2.24, 2.45) is 0 Å². The predicted molar refractivity (Wildman–Crippen MR) is 144 cm³/mol. The molecule has 0 aromatic heterocycles. The average Bonchev–Trinajstić information content (AvgIpc) is 2.95. The van der Waals surface area contributed by atoms with Crippen LogP contribution in [-0.4, -0.2) is 20.2 Å². The smallest absolute Gasteiger partial charge is 0.312 e. The number of esters is 1. The van der Waals surface area contributed by atoms with E-state index in [1.807, 2.05) is 66.7 Å². The summed E-state index contributed by atoms with van der Waals surface area (Å²) < 4.78 is 16.4. The molecule has 0 unspecified atom stereocenters. The minimum absolute atomic E-state index is 0.117. The zero-order valence-corrected chi connectivity index (χ0v) is 20.8. The molecule has 0 heterocycles. The first kappa shape index (κ1) is 25.3. The Morgan fingerprint density at radius 1 is 0.811 bits per heavy atom. The molecular formula is C32H27NO4. The fourth-order valence-corrected chi connectivity index (χ4v) is 4.16. The molecule has 0 amide bonds. The summed E-state index contributed by atoms with van der Waals surface area (Å²) in [6.45, 7) is 0. The maximum Gasteiger partial charge on any atom is 0.312 e. The Kier molecular flexibility index (Phi) is 8.36. The number of methoxy groups -OCH3 is 2. The molecule has 4 aromatic carbocycles. The van der Waals surface area contributed by atoms with Crippen LogP contribution in [0, 0.1) is 11.3 Å². The van der Waals surface area contributed by atoms with Gasteiger partial charge in [-0.3, -0.25) is 4.79 Å². The number of ether oxygens (including phenoxy) is 3. The van der Waals surface area contributed by atoms with Crippen LogP contribution >= 0.6 is 0 Å². The Bertz CT molecular complexity index is 1380. The lowest BCUT2D eigenvalue weighted by molar-refractivity contribution is -0.134. The molecule has 0 atom stereocenters. The normalized spacial score (nSPS) is 11.0. The molecule has 37 heavy (non-hydrogen) atoms. The van der Waals surface area contributed by atoms with E-state index in [9.17, 15) is 10.1 Å². The minimum Gasteiger partial charge on any atom is -0.493 e. The van der Waals surface area contributed by atoms with Crippen molar-refractivity contribution in [2.45, 2.75) is 12.3 Å². The number of benzene rings is 4. The first-order valence-corrected chi connectivity index (χ1v) is 11.9. The number of nitrogens with zero attached hydrogens (tertiary/aromatic N) is 1. The van der Waals surface area contributed by atoms with Gasteiger partial charge in [-0.25, -0.2) is 0 Å². The van der Waals surface area contributed by atoms with Crippen LogP contribution in [0.25, 0.3) is 11.6 Å². The van der Waals surface area contributed by atoms with E-state index in [0.29, 0.717) is 28.4 Å². The van der Waals surface area contributed by atoms with E-state index in [2.05, 4.69) is 6.07 Å². The summed E-state index contributed by atoms with van der Waals surface area (Å²) in [5, 5.41) is 9.79. The minimum atomic E-state index is -0.334. The molecule has 0 aliphatic rings. The van der Waals surface area contributed by atoms with Crippen molar-refractivity contribution in [3.8, 4) is 23.3 Å². The molecule has 0 N–H and O–H groups in total. The Balaban J connectivity index is 1.54. The molecule has 0 saturated heterocycles. The zero-order valence-electron chi connectivity index (χ0n) is 20.8. The van der Waals surface area contributed by atoms with Gasteiger partial charge in [-0.05, 0) is 58.7 Å². The molecular weight excluding hydrogens is 462 g/mol. The van der Waals surface area contributed by atoms with Gasteiger partial charge in [-0.2, -0.15) is 5.26 Å². The van der Waals surface area contributed by atoms with Gasteiger partial charge in [0.25, 0.3) is 0 Å². The van der Waals surface area contributed by atoms with Crippen LogP contribution in [0.4, 0.5) is 0 Å². The summed E-state index contributed by atoms with van der Waals surface area (Å²) in [4.78, 5) is 13.0. The number of hydrogen-bond acceptors (Lipinski definition) is 5. The number of nitriles is 1. The third-order valence-corrected chi connectivity index (χ3v) is 5.99.